The zero-order valence-electron chi connectivity index (χ0n) is 8.80. The Morgan fingerprint density at radius 2 is 1.67 bits per heavy atom. The summed E-state index contributed by atoms with van der Waals surface area (Å²) in [6.07, 6.45) is -5.17. The molecule has 0 amide bonds. The van der Waals surface area contributed by atoms with Crippen molar-refractivity contribution in [2.75, 3.05) is 0 Å². The minimum atomic E-state index is -4.98. The molecule has 2 atom stereocenters. The Labute approximate surface area is 107 Å². The molecule has 1 rings (SSSR count). The summed E-state index contributed by atoms with van der Waals surface area (Å²) in [5.74, 6) is -5.01. The molecule has 9 heteroatoms. The maximum atomic E-state index is 12.7. The Hall–Kier alpha value is -0.860. The molecule has 0 aromatic carbocycles. The van der Waals surface area contributed by atoms with Gasteiger partial charge in [0.15, 0.2) is 0 Å². The third-order valence-corrected chi connectivity index (χ3v) is 3.12. The molecule has 1 aliphatic rings. The smallest absolute Gasteiger partial charge is 0.477 e. The number of carbonyl (C=O) groups excluding carboxylic acids is 2. The van der Waals surface area contributed by atoms with Crippen LogP contribution in [0.2, 0.25) is 0 Å². The van der Waals surface area contributed by atoms with Crippen molar-refractivity contribution >= 4 is 27.9 Å². The summed E-state index contributed by atoms with van der Waals surface area (Å²) < 4.78 is 53.6. The topological polar surface area (TPSA) is 66.4 Å². The normalized spacial score (nSPS) is 24.9. The van der Waals surface area contributed by atoms with Crippen molar-refractivity contribution in [1.82, 2.24) is 0 Å². The van der Waals surface area contributed by atoms with Crippen LogP contribution in [0, 0.1) is 11.8 Å². The molecule has 0 aliphatic heterocycles. The number of carboxylic acids is 1. The number of ether oxygens (including phenoxy) is 1. The van der Waals surface area contributed by atoms with Crippen LogP contribution in [0.3, 0.4) is 0 Å². The van der Waals surface area contributed by atoms with E-state index in [1.54, 1.807) is 0 Å². The van der Waals surface area contributed by atoms with Gasteiger partial charge < -0.3 is 14.6 Å². The molecular formula is C9H8BrF4O4-. The Balaban J connectivity index is 2.60. The molecule has 1 aliphatic carbocycles. The van der Waals surface area contributed by atoms with Gasteiger partial charge >= 0.3 is 16.9 Å². The van der Waals surface area contributed by atoms with Gasteiger partial charge in [-0.1, -0.05) is 0 Å². The van der Waals surface area contributed by atoms with Gasteiger partial charge in [-0.3, -0.25) is 4.79 Å². The second-order valence-electron chi connectivity index (χ2n) is 3.96. The lowest BCUT2D eigenvalue weighted by Gasteiger charge is -2.22. The molecule has 0 spiro atoms. The van der Waals surface area contributed by atoms with E-state index < -0.39 is 34.7 Å². The molecule has 1 saturated carbocycles. The lowest BCUT2D eigenvalue weighted by atomic mass is 10.1. The summed E-state index contributed by atoms with van der Waals surface area (Å²) >= 11 is 1.41. The second-order valence-corrected chi connectivity index (χ2v) is 4.96. The van der Waals surface area contributed by atoms with Crippen molar-refractivity contribution in [2.24, 2.45) is 11.8 Å². The van der Waals surface area contributed by atoms with Crippen LogP contribution in [0.15, 0.2) is 0 Å². The van der Waals surface area contributed by atoms with Crippen molar-refractivity contribution in [3.63, 3.8) is 0 Å². The van der Waals surface area contributed by atoms with E-state index in [1.807, 2.05) is 0 Å². The van der Waals surface area contributed by atoms with Gasteiger partial charge in [0.05, 0.1) is 5.92 Å². The van der Waals surface area contributed by atoms with Crippen molar-refractivity contribution in [3.8, 4) is 0 Å². The van der Waals surface area contributed by atoms with Crippen molar-refractivity contribution in [2.45, 2.75) is 30.2 Å². The van der Waals surface area contributed by atoms with Gasteiger partial charge in [0.25, 0.3) is 0 Å². The lowest BCUT2D eigenvalue weighted by molar-refractivity contribution is -0.311. The zero-order valence-corrected chi connectivity index (χ0v) is 10.4. The number of carbonyl (C=O) groups is 2. The first-order valence-electron chi connectivity index (χ1n) is 4.93. The first-order valence-corrected chi connectivity index (χ1v) is 5.72. The number of halogens is 5. The number of hydrogen-bond donors (Lipinski definition) is 0. The van der Waals surface area contributed by atoms with Gasteiger partial charge in [-0.25, -0.2) is 0 Å². The number of carboxylic acid groups (broad SMARTS) is 1. The van der Waals surface area contributed by atoms with Gasteiger partial charge in [-0.15, -0.1) is 0 Å². The summed E-state index contributed by atoms with van der Waals surface area (Å²) in [6.45, 7) is 0. The SMILES string of the molecule is O=C([O-])C1CCC(C(=O)OC(F)(F)C(F)(F)Br)C1. The molecular weight excluding hydrogens is 328 g/mol. The maximum Gasteiger partial charge on any atom is 0.477 e. The number of esters is 1. The van der Waals surface area contributed by atoms with Crippen molar-refractivity contribution in [3.05, 3.63) is 0 Å². The molecule has 0 N–H and O–H groups in total. The van der Waals surface area contributed by atoms with Crippen LogP contribution in [0.1, 0.15) is 19.3 Å². The van der Waals surface area contributed by atoms with Crippen LogP contribution in [-0.4, -0.2) is 22.9 Å². The zero-order chi connectivity index (χ0) is 14.1. The highest BCUT2D eigenvalue weighted by Crippen LogP contribution is 2.42. The molecule has 0 saturated heterocycles. The monoisotopic (exact) mass is 335 g/mol. The van der Waals surface area contributed by atoms with Gasteiger partial charge in [0, 0.05) is 21.9 Å². The van der Waals surface area contributed by atoms with Crippen LogP contribution in [0.25, 0.3) is 0 Å². The number of alkyl halides is 5. The minimum absolute atomic E-state index is 0.0125. The molecule has 1 fully saturated rings. The van der Waals surface area contributed by atoms with Gasteiger partial charge in [-0.05, 0) is 25.2 Å². The predicted molar refractivity (Wildman–Crippen MR) is 50.8 cm³/mol. The lowest BCUT2D eigenvalue weighted by Crippen LogP contribution is -2.41. The molecule has 0 aromatic heterocycles. The quantitative estimate of drug-likeness (QED) is 0.441. The molecule has 0 heterocycles. The molecule has 0 bridgehead atoms. The Morgan fingerprint density at radius 3 is 2.06 bits per heavy atom. The molecule has 104 valence electrons. The van der Waals surface area contributed by atoms with E-state index in [-0.39, 0.29) is 19.3 Å². The van der Waals surface area contributed by atoms with E-state index in [0.29, 0.717) is 0 Å². The van der Waals surface area contributed by atoms with Crippen molar-refractivity contribution in [1.29, 1.82) is 0 Å². The largest absolute Gasteiger partial charge is 0.550 e. The van der Waals surface area contributed by atoms with Crippen LogP contribution < -0.4 is 5.11 Å². The van der Waals surface area contributed by atoms with E-state index >= 15 is 0 Å². The fourth-order valence-electron chi connectivity index (χ4n) is 1.68. The summed E-state index contributed by atoms with van der Waals surface area (Å²) in [7, 11) is 0. The fraction of sp³-hybridized carbons (Fsp3) is 0.778. The molecule has 0 aromatic rings. The third kappa shape index (κ3) is 3.33. The molecule has 2 unspecified atom stereocenters. The van der Waals surface area contributed by atoms with E-state index in [0.717, 1.165) is 0 Å². The van der Waals surface area contributed by atoms with Crippen molar-refractivity contribution < 1.29 is 37.0 Å². The van der Waals surface area contributed by atoms with Crippen LogP contribution in [0.5, 0.6) is 0 Å². The van der Waals surface area contributed by atoms with E-state index in [9.17, 15) is 32.3 Å². The number of aliphatic carboxylic acids is 1. The summed E-state index contributed by atoms with van der Waals surface area (Å²) in [5, 5.41) is 10.5. The predicted octanol–water partition coefficient (Wildman–Crippen LogP) is 1.28. The Bertz CT molecular complexity index is 355. The first-order chi connectivity index (χ1) is 8.04. The first kappa shape index (κ1) is 15.2. The average molecular weight is 336 g/mol. The van der Waals surface area contributed by atoms with E-state index in [2.05, 4.69) is 4.74 Å². The molecule has 0 radical (unpaired) electrons. The van der Waals surface area contributed by atoms with E-state index in [4.69, 9.17) is 0 Å². The summed E-state index contributed by atoms with van der Waals surface area (Å²) in [6, 6.07) is 0. The average Bonchev–Trinajstić information content (AvgIpc) is 2.63. The van der Waals surface area contributed by atoms with Crippen LogP contribution in [-0.2, 0) is 14.3 Å². The van der Waals surface area contributed by atoms with Gasteiger partial charge in [0.2, 0.25) is 0 Å². The Kier molecular flexibility index (Phi) is 4.24. The number of hydrogen-bond acceptors (Lipinski definition) is 4. The molecule has 4 nitrogen and oxygen atoms in total. The summed E-state index contributed by atoms with van der Waals surface area (Å²) in [5.41, 5.74) is 0. The number of rotatable bonds is 4. The van der Waals surface area contributed by atoms with Gasteiger partial charge in [-0.2, -0.15) is 17.6 Å². The van der Waals surface area contributed by atoms with E-state index in [1.165, 1.54) is 15.9 Å². The Morgan fingerprint density at radius 1 is 1.17 bits per heavy atom. The maximum absolute atomic E-state index is 12.7. The van der Waals surface area contributed by atoms with Gasteiger partial charge in [0.1, 0.15) is 0 Å². The molecule has 18 heavy (non-hydrogen) atoms. The highest BCUT2D eigenvalue weighted by atomic mass is 79.9. The highest BCUT2D eigenvalue weighted by Gasteiger charge is 2.59. The standard InChI is InChI=1S/C9H9BrF4O4/c10-8(11,12)9(13,14)18-7(17)5-2-1-4(3-5)6(15)16/h4-5H,1-3H2,(H,15,16)/p-1. The second kappa shape index (κ2) is 5.02. The summed E-state index contributed by atoms with van der Waals surface area (Å²) in [4.78, 5) is 17.0. The fourth-order valence-corrected chi connectivity index (χ4v) is 1.76. The third-order valence-electron chi connectivity index (χ3n) is 2.66. The minimum Gasteiger partial charge on any atom is -0.550 e. The van der Waals surface area contributed by atoms with Crippen LogP contribution >= 0.6 is 15.9 Å². The highest BCUT2D eigenvalue weighted by molar-refractivity contribution is 9.10. The van der Waals surface area contributed by atoms with Crippen LogP contribution in [0.4, 0.5) is 17.6 Å².